The second-order valence-electron chi connectivity index (χ2n) is 5.42. The van der Waals surface area contributed by atoms with Crippen molar-refractivity contribution in [1.29, 1.82) is 0 Å². The summed E-state index contributed by atoms with van der Waals surface area (Å²) < 4.78 is 0. The maximum Gasteiger partial charge on any atom is 0.270 e. The minimum absolute atomic E-state index is 0.186. The van der Waals surface area contributed by atoms with Crippen molar-refractivity contribution in [3.05, 3.63) is 59.2 Å². The number of nitrogens with zero attached hydrogens (tertiary/aromatic N) is 2. The number of amides is 1. The third-order valence-electron chi connectivity index (χ3n) is 3.90. The molecule has 1 amide bonds. The van der Waals surface area contributed by atoms with Gasteiger partial charge in [-0.2, -0.15) is 0 Å². The van der Waals surface area contributed by atoms with E-state index in [0.29, 0.717) is 12.1 Å². The average molecular weight is 283 g/mol. The number of rotatable bonds is 3. The molecule has 0 fully saturated rings. The third kappa shape index (κ3) is 2.64. The number of hydrogen-bond donors (Lipinski definition) is 2. The number of aromatic nitrogens is 2. The van der Waals surface area contributed by atoms with Crippen molar-refractivity contribution in [3.8, 4) is 0 Å². The Labute approximate surface area is 123 Å². The van der Waals surface area contributed by atoms with E-state index in [-0.39, 0.29) is 12.5 Å². The van der Waals surface area contributed by atoms with Gasteiger partial charge in [0.15, 0.2) is 0 Å². The molecule has 0 saturated carbocycles. The van der Waals surface area contributed by atoms with Gasteiger partial charge in [0.05, 0.1) is 6.54 Å². The molecule has 5 heteroatoms. The van der Waals surface area contributed by atoms with Crippen LogP contribution in [0.25, 0.3) is 0 Å². The first kappa shape index (κ1) is 13.7. The summed E-state index contributed by atoms with van der Waals surface area (Å²) in [6.45, 7) is 1.99. The molecular weight excluding hydrogens is 266 g/mol. The van der Waals surface area contributed by atoms with E-state index in [9.17, 15) is 9.90 Å². The molecule has 1 heterocycles. The molecule has 1 aromatic heterocycles. The van der Waals surface area contributed by atoms with Crippen LogP contribution in [0, 0.1) is 6.92 Å². The topological polar surface area (TPSA) is 75.1 Å². The van der Waals surface area contributed by atoms with Crippen LogP contribution in [0.4, 0.5) is 0 Å². The molecule has 0 bridgehead atoms. The quantitative estimate of drug-likeness (QED) is 0.891. The molecule has 5 nitrogen and oxygen atoms in total. The Balaban J connectivity index is 1.72. The van der Waals surface area contributed by atoms with Gasteiger partial charge in [0.2, 0.25) is 0 Å². The first-order valence-electron chi connectivity index (χ1n) is 6.96. The Morgan fingerprint density at radius 3 is 3.00 bits per heavy atom. The predicted octanol–water partition coefficient (Wildman–Crippen LogP) is 1.35. The number of fused-ring (bicyclic) bond motifs is 1. The van der Waals surface area contributed by atoms with Crippen molar-refractivity contribution in [1.82, 2.24) is 15.3 Å². The third-order valence-corrected chi connectivity index (χ3v) is 3.90. The van der Waals surface area contributed by atoms with E-state index in [1.807, 2.05) is 24.3 Å². The van der Waals surface area contributed by atoms with Gasteiger partial charge in [-0.25, -0.2) is 9.97 Å². The summed E-state index contributed by atoms with van der Waals surface area (Å²) in [6.07, 6.45) is 2.81. The summed E-state index contributed by atoms with van der Waals surface area (Å²) in [5.41, 5.74) is 2.11. The van der Waals surface area contributed by atoms with E-state index < -0.39 is 5.60 Å². The number of nitrogens with one attached hydrogen (secondary N) is 1. The van der Waals surface area contributed by atoms with Crippen molar-refractivity contribution >= 4 is 5.91 Å². The van der Waals surface area contributed by atoms with Gasteiger partial charge in [0.25, 0.3) is 5.91 Å². The van der Waals surface area contributed by atoms with Gasteiger partial charge < -0.3 is 10.4 Å². The van der Waals surface area contributed by atoms with Crippen LogP contribution in [0.1, 0.15) is 33.7 Å². The Kier molecular flexibility index (Phi) is 3.43. The SMILES string of the molecule is Cc1cc(C(=O)NCC2(O)CCc3ccccc32)ncn1. The van der Waals surface area contributed by atoms with Crippen LogP contribution in [0.3, 0.4) is 0 Å². The van der Waals surface area contributed by atoms with Gasteiger partial charge in [-0.15, -0.1) is 0 Å². The van der Waals surface area contributed by atoms with Crippen molar-refractivity contribution in [2.45, 2.75) is 25.4 Å². The lowest BCUT2D eigenvalue weighted by Gasteiger charge is -2.24. The standard InChI is InChI=1S/C16H17N3O2/c1-11-8-14(19-10-18-11)15(20)17-9-16(21)7-6-12-4-2-3-5-13(12)16/h2-5,8,10,21H,6-7,9H2,1H3,(H,17,20). The van der Waals surface area contributed by atoms with Crippen LogP contribution in [0.5, 0.6) is 0 Å². The molecular formula is C16H17N3O2. The lowest BCUT2D eigenvalue weighted by molar-refractivity contribution is 0.0368. The van der Waals surface area contributed by atoms with Crippen molar-refractivity contribution in [2.75, 3.05) is 6.54 Å². The van der Waals surface area contributed by atoms with E-state index in [1.54, 1.807) is 13.0 Å². The highest BCUT2D eigenvalue weighted by Crippen LogP contribution is 2.36. The number of hydrogen-bond acceptors (Lipinski definition) is 4. The first-order valence-corrected chi connectivity index (χ1v) is 6.96. The fourth-order valence-corrected chi connectivity index (χ4v) is 2.75. The van der Waals surface area contributed by atoms with Crippen LogP contribution in [-0.2, 0) is 12.0 Å². The second kappa shape index (κ2) is 5.26. The fourth-order valence-electron chi connectivity index (χ4n) is 2.75. The van der Waals surface area contributed by atoms with Gasteiger partial charge in [-0.05, 0) is 37.0 Å². The van der Waals surface area contributed by atoms with Crippen LogP contribution in [-0.4, -0.2) is 27.5 Å². The molecule has 1 aliphatic carbocycles. The molecule has 0 aliphatic heterocycles. The number of carbonyl (C=O) groups excluding carboxylic acids is 1. The number of carbonyl (C=O) groups is 1. The zero-order valence-electron chi connectivity index (χ0n) is 11.8. The van der Waals surface area contributed by atoms with E-state index in [2.05, 4.69) is 15.3 Å². The second-order valence-corrected chi connectivity index (χ2v) is 5.42. The highest BCUT2D eigenvalue weighted by Gasteiger charge is 2.36. The summed E-state index contributed by atoms with van der Waals surface area (Å²) in [5, 5.41) is 13.5. The van der Waals surface area contributed by atoms with Crippen molar-refractivity contribution < 1.29 is 9.90 Å². The lowest BCUT2D eigenvalue weighted by Crippen LogP contribution is -2.39. The van der Waals surface area contributed by atoms with Gasteiger partial charge in [-0.3, -0.25) is 4.79 Å². The largest absolute Gasteiger partial charge is 0.383 e. The van der Waals surface area contributed by atoms with E-state index >= 15 is 0 Å². The fraction of sp³-hybridized carbons (Fsp3) is 0.312. The number of aryl methyl sites for hydroxylation is 2. The molecule has 108 valence electrons. The summed E-state index contributed by atoms with van der Waals surface area (Å²) in [4.78, 5) is 20.0. The maximum atomic E-state index is 12.1. The lowest BCUT2D eigenvalue weighted by atomic mass is 9.96. The van der Waals surface area contributed by atoms with Gasteiger partial charge >= 0.3 is 0 Å². The molecule has 21 heavy (non-hydrogen) atoms. The van der Waals surface area contributed by atoms with Crippen LogP contribution < -0.4 is 5.32 Å². The Bertz CT molecular complexity index is 687. The summed E-state index contributed by atoms with van der Waals surface area (Å²) in [6, 6.07) is 9.44. The molecule has 1 aromatic carbocycles. The van der Waals surface area contributed by atoms with Gasteiger partial charge in [0.1, 0.15) is 17.6 Å². The average Bonchev–Trinajstić information content (AvgIpc) is 2.83. The minimum Gasteiger partial charge on any atom is -0.383 e. The Morgan fingerprint density at radius 1 is 1.38 bits per heavy atom. The molecule has 1 atom stereocenters. The minimum atomic E-state index is -0.992. The van der Waals surface area contributed by atoms with E-state index in [4.69, 9.17) is 0 Å². The molecule has 0 radical (unpaired) electrons. The van der Waals surface area contributed by atoms with E-state index in [1.165, 1.54) is 6.33 Å². The highest BCUT2D eigenvalue weighted by molar-refractivity contribution is 5.92. The molecule has 1 unspecified atom stereocenters. The van der Waals surface area contributed by atoms with E-state index in [0.717, 1.165) is 23.2 Å². The zero-order chi connectivity index (χ0) is 14.9. The van der Waals surface area contributed by atoms with Crippen LogP contribution in [0.15, 0.2) is 36.7 Å². The molecule has 1 aliphatic rings. The molecule has 0 spiro atoms. The van der Waals surface area contributed by atoms with Crippen LogP contribution >= 0.6 is 0 Å². The summed E-state index contributed by atoms with van der Waals surface area (Å²) in [7, 11) is 0. The zero-order valence-corrected chi connectivity index (χ0v) is 11.8. The molecule has 0 saturated heterocycles. The van der Waals surface area contributed by atoms with Crippen molar-refractivity contribution in [3.63, 3.8) is 0 Å². The maximum absolute atomic E-state index is 12.1. The molecule has 2 N–H and O–H groups in total. The highest BCUT2D eigenvalue weighted by atomic mass is 16.3. The number of benzene rings is 1. The molecule has 2 aromatic rings. The first-order chi connectivity index (χ1) is 10.1. The predicted molar refractivity (Wildman–Crippen MR) is 77.8 cm³/mol. The normalized spacial score (nSPS) is 20.1. The monoisotopic (exact) mass is 283 g/mol. The Hall–Kier alpha value is -2.27. The summed E-state index contributed by atoms with van der Waals surface area (Å²) >= 11 is 0. The van der Waals surface area contributed by atoms with Crippen molar-refractivity contribution in [2.24, 2.45) is 0 Å². The number of aliphatic hydroxyl groups is 1. The van der Waals surface area contributed by atoms with Crippen LogP contribution in [0.2, 0.25) is 0 Å². The smallest absolute Gasteiger partial charge is 0.270 e. The van der Waals surface area contributed by atoms with Gasteiger partial charge in [0, 0.05) is 5.69 Å². The Morgan fingerprint density at radius 2 is 2.19 bits per heavy atom. The summed E-state index contributed by atoms with van der Waals surface area (Å²) in [5.74, 6) is -0.293. The van der Waals surface area contributed by atoms with Gasteiger partial charge in [-0.1, -0.05) is 24.3 Å². The molecule has 3 rings (SSSR count).